The third-order valence-electron chi connectivity index (χ3n) is 3.07. The highest BCUT2D eigenvalue weighted by molar-refractivity contribution is 9.10. The molecule has 16 heavy (non-hydrogen) atoms. The van der Waals surface area contributed by atoms with Gasteiger partial charge in [-0.15, -0.1) is 0 Å². The van der Waals surface area contributed by atoms with Gasteiger partial charge in [0.1, 0.15) is 5.82 Å². The van der Waals surface area contributed by atoms with Gasteiger partial charge in [-0.05, 0) is 47.4 Å². The van der Waals surface area contributed by atoms with Crippen LogP contribution in [0.1, 0.15) is 18.2 Å². The fourth-order valence-electron chi connectivity index (χ4n) is 1.96. The van der Waals surface area contributed by atoms with Gasteiger partial charge in [-0.2, -0.15) is 0 Å². The van der Waals surface area contributed by atoms with Gasteiger partial charge in [0, 0.05) is 32.3 Å². The summed E-state index contributed by atoms with van der Waals surface area (Å²) in [6.07, 6.45) is 2.12. The van der Waals surface area contributed by atoms with Gasteiger partial charge in [-0.25, -0.2) is 4.98 Å². The second-order valence-corrected chi connectivity index (χ2v) is 5.02. The number of rotatable bonds is 2. The van der Waals surface area contributed by atoms with Gasteiger partial charge in [0.15, 0.2) is 0 Å². The van der Waals surface area contributed by atoms with Crippen molar-refractivity contribution in [1.82, 2.24) is 10.3 Å². The van der Waals surface area contributed by atoms with E-state index < -0.39 is 0 Å². The van der Waals surface area contributed by atoms with Gasteiger partial charge in [-0.3, -0.25) is 0 Å². The fraction of sp³-hybridized carbons (Fsp3) is 0.583. The Morgan fingerprint density at radius 3 is 2.94 bits per heavy atom. The van der Waals surface area contributed by atoms with Crippen LogP contribution in [0.15, 0.2) is 10.5 Å². The third-order valence-corrected chi connectivity index (χ3v) is 3.66. The minimum absolute atomic E-state index is 0.975. The Morgan fingerprint density at radius 1 is 1.44 bits per heavy atom. The van der Waals surface area contributed by atoms with Crippen LogP contribution in [0.3, 0.4) is 0 Å². The zero-order chi connectivity index (χ0) is 11.5. The molecule has 1 aromatic rings. The van der Waals surface area contributed by atoms with Crippen LogP contribution in [0.25, 0.3) is 0 Å². The maximum Gasteiger partial charge on any atom is 0.142 e. The first-order chi connectivity index (χ1) is 7.72. The quantitative estimate of drug-likeness (QED) is 0.900. The molecule has 0 bridgehead atoms. The van der Waals surface area contributed by atoms with Gasteiger partial charge < -0.3 is 10.2 Å². The second kappa shape index (κ2) is 5.15. The van der Waals surface area contributed by atoms with E-state index in [9.17, 15) is 0 Å². The summed E-state index contributed by atoms with van der Waals surface area (Å²) in [6, 6.07) is 2.23. The molecule has 3 nitrogen and oxygen atoms in total. The van der Waals surface area contributed by atoms with Crippen molar-refractivity contribution in [1.29, 1.82) is 0 Å². The minimum Gasteiger partial charge on any atom is -0.359 e. The molecule has 0 unspecified atom stereocenters. The molecule has 0 atom stereocenters. The molecule has 0 spiro atoms. The molecule has 4 heteroatoms. The van der Waals surface area contributed by atoms with Crippen LogP contribution < -0.4 is 10.2 Å². The van der Waals surface area contributed by atoms with E-state index >= 15 is 0 Å². The topological polar surface area (TPSA) is 28.2 Å². The van der Waals surface area contributed by atoms with Gasteiger partial charge in [0.25, 0.3) is 0 Å². The summed E-state index contributed by atoms with van der Waals surface area (Å²) in [5, 5.41) is 3.41. The number of hydrogen-bond acceptors (Lipinski definition) is 3. The molecular formula is C12H18BrN3. The second-order valence-electron chi connectivity index (χ2n) is 4.16. The monoisotopic (exact) mass is 283 g/mol. The number of nitrogens with one attached hydrogen (secondary N) is 1. The minimum atomic E-state index is 0.975. The maximum absolute atomic E-state index is 4.78. The number of pyridine rings is 1. The van der Waals surface area contributed by atoms with Crippen molar-refractivity contribution in [2.45, 2.75) is 19.8 Å². The third kappa shape index (κ3) is 2.38. The van der Waals surface area contributed by atoms with Crippen LogP contribution in [-0.2, 0) is 12.8 Å². The lowest BCUT2D eigenvalue weighted by Gasteiger charge is -2.19. The van der Waals surface area contributed by atoms with Crippen LogP contribution in [0.2, 0.25) is 0 Å². The predicted molar refractivity (Wildman–Crippen MR) is 71.2 cm³/mol. The van der Waals surface area contributed by atoms with E-state index in [1.165, 1.54) is 11.3 Å². The Morgan fingerprint density at radius 2 is 2.19 bits per heavy atom. The maximum atomic E-state index is 4.78. The first-order valence-electron chi connectivity index (χ1n) is 5.82. The molecule has 1 aromatic heterocycles. The molecule has 0 aliphatic carbocycles. The summed E-state index contributed by atoms with van der Waals surface area (Å²) < 4.78 is 1.11. The highest BCUT2D eigenvalue weighted by Gasteiger charge is 2.14. The Labute approximate surface area is 105 Å². The Bertz CT molecular complexity index is 379. The molecule has 2 heterocycles. The van der Waals surface area contributed by atoms with Gasteiger partial charge in [-0.1, -0.05) is 0 Å². The summed E-state index contributed by atoms with van der Waals surface area (Å²) in [7, 11) is 2.08. The van der Waals surface area contributed by atoms with E-state index in [0.29, 0.717) is 0 Å². The van der Waals surface area contributed by atoms with Crippen LogP contribution >= 0.6 is 15.9 Å². The Hall–Kier alpha value is -0.610. The Kier molecular flexibility index (Phi) is 3.82. The van der Waals surface area contributed by atoms with Crippen molar-refractivity contribution in [3.8, 4) is 0 Å². The SMILES string of the molecule is CCN(C)c1nc2c(cc1Br)CCNCC2. The van der Waals surface area contributed by atoms with E-state index in [-0.39, 0.29) is 0 Å². The van der Waals surface area contributed by atoms with E-state index in [0.717, 1.165) is 42.8 Å². The van der Waals surface area contributed by atoms with Crippen LogP contribution in [-0.4, -0.2) is 31.7 Å². The molecule has 1 aliphatic rings. The first-order valence-corrected chi connectivity index (χ1v) is 6.61. The fourth-order valence-corrected chi connectivity index (χ4v) is 2.63. The summed E-state index contributed by atoms with van der Waals surface area (Å²) in [5.41, 5.74) is 2.63. The number of aromatic nitrogens is 1. The first kappa shape index (κ1) is 11.9. The van der Waals surface area contributed by atoms with Crippen LogP contribution in [0.5, 0.6) is 0 Å². The average Bonchev–Trinajstić information content (AvgIpc) is 2.51. The largest absolute Gasteiger partial charge is 0.359 e. The van der Waals surface area contributed by atoms with Crippen LogP contribution in [0, 0.1) is 0 Å². The molecule has 0 amide bonds. The summed E-state index contributed by atoms with van der Waals surface area (Å²) in [4.78, 5) is 6.95. The summed E-state index contributed by atoms with van der Waals surface area (Å²) in [5.74, 6) is 1.06. The zero-order valence-electron chi connectivity index (χ0n) is 9.89. The lowest BCUT2D eigenvalue weighted by atomic mass is 10.1. The molecule has 1 aliphatic heterocycles. The Balaban J connectivity index is 2.38. The van der Waals surface area contributed by atoms with Gasteiger partial charge in [0.2, 0.25) is 0 Å². The van der Waals surface area contributed by atoms with Gasteiger partial charge in [0.05, 0.1) is 4.47 Å². The van der Waals surface area contributed by atoms with E-state index in [2.05, 4.69) is 46.2 Å². The van der Waals surface area contributed by atoms with Gasteiger partial charge >= 0.3 is 0 Å². The molecular weight excluding hydrogens is 266 g/mol. The number of anilines is 1. The number of fused-ring (bicyclic) bond motifs is 1. The summed E-state index contributed by atoms with van der Waals surface area (Å²) >= 11 is 3.62. The molecule has 0 saturated carbocycles. The smallest absolute Gasteiger partial charge is 0.142 e. The van der Waals surface area contributed by atoms with E-state index in [4.69, 9.17) is 4.98 Å². The molecule has 0 radical (unpaired) electrons. The standard InChI is InChI=1S/C12H18BrN3/c1-3-16(2)12-10(13)8-9-4-6-14-7-5-11(9)15-12/h8,14H,3-7H2,1-2H3. The molecule has 2 rings (SSSR count). The molecule has 88 valence electrons. The van der Waals surface area contributed by atoms with Crippen molar-refractivity contribution in [3.63, 3.8) is 0 Å². The number of halogens is 1. The van der Waals surface area contributed by atoms with Crippen molar-refractivity contribution in [2.75, 3.05) is 31.6 Å². The highest BCUT2D eigenvalue weighted by Crippen LogP contribution is 2.27. The average molecular weight is 284 g/mol. The molecule has 0 aromatic carbocycles. The lowest BCUT2D eigenvalue weighted by molar-refractivity contribution is 0.708. The highest BCUT2D eigenvalue weighted by atomic mass is 79.9. The number of hydrogen-bond donors (Lipinski definition) is 1. The van der Waals surface area contributed by atoms with E-state index in [1.54, 1.807) is 0 Å². The van der Waals surface area contributed by atoms with Crippen molar-refractivity contribution < 1.29 is 0 Å². The predicted octanol–water partition coefficient (Wildman–Crippen LogP) is 1.99. The number of nitrogens with zero attached hydrogens (tertiary/aromatic N) is 2. The molecule has 1 N–H and O–H groups in total. The zero-order valence-corrected chi connectivity index (χ0v) is 11.5. The van der Waals surface area contributed by atoms with Crippen molar-refractivity contribution in [3.05, 3.63) is 21.8 Å². The van der Waals surface area contributed by atoms with E-state index in [1.807, 2.05) is 0 Å². The molecule has 0 saturated heterocycles. The normalized spacial score (nSPS) is 15.4. The summed E-state index contributed by atoms with van der Waals surface area (Å²) in [6.45, 7) is 5.21. The van der Waals surface area contributed by atoms with Crippen molar-refractivity contribution in [2.24, 2.45) is 0 Å². The van der Waals surface area contributed by atoms with Crippen LogP contribution in [0.4, 0.5) is 5.82 Å². The molecule has 0 fully saturated rings. The lowest BCUT2D eigenvalue weighted by Crippen LogP contribution is -2.19. The van der Waals surface area contributed by atoms with Crippen molar-refractivity contribution >= 4 is 21.7 Å².